The van der Waals surface area contributed by atoms with E-state index in [-0.39, 0.29) is 11.9 Å². The predicted molar refractivity (Wildman–Crippen MR) is 92.1 cm³/mol. The van der Waals surface area contributed by atoms with Gasteiger partial charge in [0.15, 0.2) is 11.5 Å². The Morgan fingerprint density at radius 2 is 1.92 bits per heavy atom. The number of carbonyl (C=O) groups excluding carboxylic acids is 1. The molecule has 1 aliphatic heterocycles. The summed E-state index contributed by atoms with van der Waals surface area (Å²) in [4.78, 5) is 12.7. The zero-order chi connectivity index (χ0) is 17.3. The topological polar surface area (TPSA) is 65.4 Å². The van der Waals surface area contributed by atoms with Crippen LogP contribution in [0, 0.1) is 13.8 Å². The Labute approximate surface area is 141 Å². The van der Waals surface area contributed by atoms with Gasteiger partial charge in [-0.15, -0.1) is 0 Å². The molecule has 2 aromatic rings. The number of nitrogens with one attached hydrogen (secondary N) is 1. The van der Waals surface area contributed by atoms with E-state index in [0.29, 0.717) is 36.1 Å². The third-order valence-corrected chi connectivity index (χ3v) is 4.24. The zero-order valence-electron chi connectivity index (χ0n) is 14.5. The fraction of sp³-hybridized carbons (Fsp3) is 0.444. The van der Waals surface area contributed by atoms with Gasteiger partial charge in [0.25, 0.3) is 5.91 Å². The Kier molecular flexibility index (Phi) is 4.46. The second-order valence-electron chi connectivity index (χ2n) is 6.14. The van der Waals surface area contributed by atoms with Crippen LogP contribution < -0.4 is 14.8 Å². The van der Waals surface area contributed by atoms with Crippen LogP contribution in [0.3, 0.4) is 0 Å². The Morgan fingerprint density at radius 3 is 2.58 bits per heavy atom. The molecule has 0 saturated carbocycles. The number of rotatable bonds is 4. The second-order valence-corrected chi connectivity index (χ2v) is 6.14. The van der Waals surface area contributed by atoms with Gasteiger partial charge in [0.05, 0.1) is 11.7 Å². The van der Waals surface area contributed by atoms with Gasteiger partial charge in [0.2, 0.25) is 0 Å². The molecule has 0 spiro atoms. The molecule has 6 nitrogen and oxygen atoms in total. The van der Waals surface area contributed by atoms with Gasteiger partial charge in [0, 0.05) is 11.6 Å². The molecule has 0 radical (unpaired) electrons. The molecule has 24 heavy (non-hydrogen) atoms. The largest absolute Gasteiger partial charge is 0.486 e. The van der Waals surface area contributed by atoms with Crippen molar-refractivity contribution >= 4 is 11.7 Å². The van der Waals surface area contributed by atoms with Crippen LogP contribution in [0.4, 0.5) is 5.82 Å². The lowest BCUT2D eigenvalue weighted by molar-refractivity contribution is 0.102. The summed E-state index contributed by atoms with van der Waals surface area (Å²) in [5.41, 5.74) is 2.31. The van der Waals surface area contributed by atoms with E-state index < -0.39 is 0 Å². The first-order valence-corrected chi connectivity index (χ1v) is 8.27. The molecule has 0 saturated heterocycles. The van der Waals surface area contributed by atoms with Gasteiger partial charge >= 0.3 is 0 Å². The van der Waals surface area contributed by atoms with Crippen LogP contribution in [0.2, 0.25) is 0 Å². The normalized spacial score (nSPS) is 14.3. The van der Waals surface area contributed by atoms with Crippen LogP contribution in [-0.2, 0) is 0 Å². The Balaban J connectivity index is 1.88. The molecule has 0 fully saturated rings. The van der Waals surface area contributed by atoms with Crippen molar-refractivity contribution in [3.05, 3.63) is 35.0 Å². The minimum Gasteiger partial charge on any atom is -0.486 e. The number of aryl methyl sites for hydroxylation is 2. The first kappa shape index (κ1) is 16.4. The molecule has 1 N–H and O–H groups in total. The minimum absolute atomic E-state index is 0.172. The number of hydrogen-bond donors (Lipinski definition) is 1. The molecule has 1 unspecified atom stereocenters. The van der Waals surface area contributed by atoms with Gasteiger partial charge in [-0.1, -0.05) is 6.92 Å². The molecule has 1 aromatic carbocycles. The first-order valence-electron chi connectivity index (χ1n) is 8.27. The molecule has 0 aliphatic carbocycles. The lowest BCUT2D eigenvalue weighted by atomic mass is 10.1. The molecular weight excluding hydrogens is 306 g/mol. The van der Waals surface area contributed by atoms with Crippen molar-refractivity contribution in [2.75, 3.05) is 18.5 Å². The second kappa shape index (κ2) is 6.55. The molecule has 6 heteroatoms. The molecule has 1 atom stereocenters. The van der Waals surface area contributed by atoms with E-state index in [9.17, 15) is 4.79 Å². The fourth-order valence-corrected chi connectivity index (χ4v) is 2.74. The van der Waals surface area contributed by atoms with Gasteiger partial charge in [-0.2, -0.15) is 5.10 Å². The quantitative estimate of drug-likeness (QED) is 0.932. The van der Waals surface area contributed by atoms with E-state index in [0.717, 1.165) is 17.7 Å². The monoisotopic (exact) mass is 329 g/mol. The third-order valence-electron chi connectivity index (χ3n) is 4.24. The minimum atomic E-state index is -0.172. The van der Waals surface area contributed by atoms with E-state index in [4.69, 9.17) is 9.47 Å². The molecule has 2 heterocycles. The number of anilines is 1. The first-order chi connectivity index (χ1) is 11.5. The molecule has 3 rings (SSSR count). The van der Waals surface area contributed by atoms with Crippen LogP contribution in [0.25, 0.3) is 0 Å². The SMILES string of the molecule is CCC(C)n1nc(C)cc1NC(=O)c1cc2c(cc1C)OCCO2. The summed E-state index contributed by atoms with van der Waals surface area (Å²) < 4.78 is 13.0. The molecule has 1 amide bonds. The maximum absolute atomic E-state index is 12.7. The average molecular weight is 329 g/mol. The summed E-state index contributed by atoms with van der Waals surface area (Å²) in [5.74, 6) is 1.84. The Bertz CT molecular complexity index is 767. The summed E-state index contributed by atoms with van der Waals surface area (Å²) in [6.45, 7) is 9.02. The van der Waals surface area contributed by atoms with Crippen LogP contribution in [0.1, 0.15) is 47.9 Å². The summed E-state index contributed by atoms with van der Waals surface area (Å²) in [6.07, 6.45) is 0.938. The smallest absolute Gasteiger partial charge is 0.257 e. The maximum atomic E-state index is 12.7. The van der Waals surface area contributed by atoms with Crippen LogP contribution in [-0.4, -0.2) is 28.9 Å². The van der Waals surface area contributed by atoms with Crippen molar-refractivity contribution < 1.29 is 14.3 Å². The number of hydrogen-bond acceptors (Lipinski definition) is 4. The fourth-order valence-electron chi connectivity index (χ4n) is 2.74. The molecule has 0 bridgehead atoms. The summed E-state index contributed by atoms with van der Waals surface area (Å²) in [6, 6.07) is 5.70. The molecule has 1 aromatic heterocycles. The van der Waals surface area contributed by atoms with E-state index >= 15 is 0 Å². The number of nitrogens with zero attached hydrogens (tertiary/aromatic N) is 2. The number of fused-ring (bicyclic) bond motifs is 1. The zero-order valence-corrected chi connectivity index (χ0v) is 14.5. The van der Waals surface area contributed by atoms with Gasteiger partial charge in [-0.05, 0) is 44.9 Å². The summed E-state index contributed by atoms with van der Waals surface area (Å²) >= 11 is 0. The summed E-state index contributed by atoms with van der Waals surface area (Å²) in [7, 11) is 0. The Hall–Kier alpha value is -2.50. The third kappa shape index (κ3) is 3.09. The van der Waals surface area contributed by atoms with E-state index in [2.05, 4.69) is 24.3 Å². The average Bonchev–Trinajstić information content (AvgIpc) is 2.93. The van der Waals surface area contributed by atoms with Crippen LogP contribution >= 0.6 is 0 Å². The van der Waals surface area contributed by atoms with E-state index in [1.807, 2.05) is 30.7 Å². The number of ether oxygens (including phenoxy) is 2. The van der Waals surface area contributed by atoms with Gasteiger partial charge in [-0.3, -0.25) is 4.79 Å². The Morgan fingerprint density at radius 1 is 1.25 bits per heavy atom. The highest BCUT2D eigenvalue weighted by Crippen LogP contribution is 2.33. The number of benzene rings is 1. The van der Waals surface area contributed by atoms with Gasteiger partial charge < -0.3 is 14.8 Å². The lowest BCUT2D eigenvalue weighted by Crippen LogP contribution is -2.20. The van der Waals surface area contributed by atoms with Crippen LogP contribution in [0.15, 0.2) is 18.2 Å². The number of aromatic nitrogens is 2. The van der Waals surface area contributed by atoms with Crippen molar-refractivity contribution in [2.24, 2.45) is 0 Å². The van der Waals surface area contributed by atoms with Crippen molar-refractivity contribution in [3.8, 4) is 11.5 Å². The molecule has 1 aliphatic rings. The summed E-state index contributed by atoms with van der Waals surface area (Å²) in [5, 5.41) is 7.45. The number of carbonyl (C=O) groups is 1. The van der Waals surface area contributed by atoms with Crippen molar-refractivity contribution in [1.29, 1.82) is 0 Å². The number of amides is 1. The molecular formula is C18H23N3O3. The van der Waals surface area contributed by atoms with Crippen molar-refractivity contribution in [2.45, 2.75) is 40.2 Å². The predicted octanol–water partition coefficient (Wildman–Crippen LogP) is 3.49. The highest BCUT2D eigenvalue weighted by Gasteiger charge is 2.20. The van der Waals surface area contributed by atoms with E-state index in [1.165, 1.54) is 0 Å². The maximum Gasteiger partial charge on any atom is 0.257 e. The highest BCUT2D eigenvalue weighted by atomic mass is 16.6. The highest BCUT2D eigenvalue weighted by molar-refractivity contribution is 6.05. The van der Waals surface area contributed by atoms with Crippen LogP contribution in [0.5, 0.6) is 11.5 Å². The van der Waals surface area contributed by atoms with E-state index in [1.54, 1.807) is 6.07 Å². The lowest BCUT2D eigenvalue weighted by Gasteiger charge is -2.20. The standard InChI is InChI=1S/C18H23N3O3/c1-5-13(4)21-17(9-12(3)20-21)19-18(22)14-10-16-15(8-11(14)2)23-6-7-24-16/h8-10,13H,5-7H2,1-4H3,(H,19,22). The van der Waals surface area contributed by atoms with Crippen molar-refractivity contribution in [3.63, 3.8) is 0 Å². The van der Waals surface area contributed by atoms with Gasteiger partial charge in [-0.25, -0.2) is 4.68 Å². The molecule has 128 valence electrons. The van der Waals surface area contributed by atoms with Gasteiger partial charge in [0.1, 0.15) is 19.0 Å². The van der Waals surface area contributed by atoms with Crippen molar-refractivity contribution in [1.82, 2.24) is 9.78 Å².